The molecule has 1 aromatic rings. The van der Waals surface area contributed by atoms with Crippen molar-refractivity contribution in [1.82, 2.24) is 0 Å². The van der Waals surface area contributed by atoms with Crippen molar-refractivity contribution in [2.24, 2.45) is 0 Å². The smallest absolute Gasteiger partial charge is 0.329 e. The van der Waals surface area contributed by atoms with Crippen molar-refractivity contribution >= 4 is 27.3 Å². The van der Waals surface area contributed by atoms with Gasteiger partial charge in [-0.2, -0.15) is 13.2 Å². The minimum atomic E-state index is -4.72. The van der Waals surface area contributed by atoms with Crippen molar-refractivity contribution in [3.8, 4) is 0 Å². The van der Waals surface area contributed by atoms with Crippen LogP contribution in [0.5, 0.6) is 0 Å². The Bertz CT molecular complexity index is 666. The normalized spacial score (nSPS) is 16.4. The van der Waals surface area contributed by atoms with Gasteiger partial charge < -0.3 is 4.90 Å². The molecule has 2 rings (SSSR count). The molecule has 0 spiro atoms. The Morgan fingerprint density at radius 3 is 2.35 bits per heavy atom. The number of halogens is 3. The van der Waals surface area contributed by atoms with E-state index < -0.39 is 26.5 Å². The Hall–Kier alpha value is -1.15. The topological polar surface area (TPSA) is 37.4 Å². The molecule has 8 heteroatoms. The molecular weight excluding hydrogens is 311 g/mol. The summed E-state index contributed by atoms with van der Waals surface area (Å²) >= 11 is 1.35. The summed E-state index contributed by atoms with van der Waals surface area (Å²) in [5.74, 6) is 1.66. The number of anilines is 1. The van der Waals surface area contributed by atoms with Crippen LogP contribution >= 0.6 is 11.8 Å². The van der Waals surface area contributed by atoms with E-state index in [0.717, 1.165) is 24.1 Å². The maximum atomic E-state index is 13.0. The number of benzene rings is 1. The first-order chi connectivity index (χ1) is 9.10. The summed E-state index contributed by atoms with van der Waals surface area (Å²) in [5.41, 5.74) is -0.0886. The fourth-order valence-corrected chi connectivity index (χ4v) is 3.48. The van der Waals surface area contributed by atoms with E-state index in [2.05, 4.69) is 0 Å². The number of hydrogen-bond acceptors (Lipinski definition) is 4. The van der Waals surface area contributed by atoms with Gasteiger partial charge in [0.05, 0.1) is 10.5 Å². The molecule has 0 saturated heterocycles. The van der Waals surface area contributed by atoms with E-state index in [-0.39, 0.29) is 5.69 Å². The minimum absolute atomic E-state index is 0.281. The summed E-state index contributed by atoms with van der Waals surface area (Å²) in [6, 6.07) is 3.22. The van der Waals surface area contributed by atoms with Gasteiger partial charge in [0.15, 0.2) is 9.84 Å². The number of allylic oxidation sites excluding steroid dienone is 1. The molecule has 20 heavy (non-hydrogen) atoms. The molecule has 3 nitrogen and oxygen atoms in total. The van der Waals surface area contributed by atoms with Crippen LogP contribution in [0.25, 0.3) is 0 Å². The maximum absolute atomic E-state index is 13.0. The molecule has 109 valence electrons. The molecule has 1 aliphatic rings. The molecule has 0 aliphatic carbocycles. The van der Waals surface area contributed by atoms with Crippen LogP contribution in [0.2, 0.25) is 0 Å². The Balaban J connectivity index is 2.58. The zero-order valence-corrected chi connectivity index (χ0v) is 12.2. The second kappa shape index (κ2) is 5.00. The van der Waals surface area contributed by atoms with Gasteiger partial charge in [-0.05, 0) is 30.5 Å². The minimum Gasteiger partial charge on any atom is -0.329 e. The molecule has 0 bridgehead atoms. The zero-order chi connectivity index (χ0) is 15.1. The lowest BCUT2D eigenvalue weighted by Gasteiger charge is -2.21. The van der Waals surface area contributed by atoms with Crippen LogP contribution in [0.3, 0.4) is 0 Å². The van der Waals surface area contributed by atoms with Crippen LogP contribution in [0.4, 0.5) is 18.9 Å². The standard InChI is InChI=1S/C12H11F3NO2S2/c1-8-6-19-7-16(8)9-3-4-11(20(2,17)18)10(5-9)12(13,14)15/h3-7H,1-2H3. The summed E-state index contributed by atoms with van der Waals surface area (Å²) in [6.45, 7) is 1.76. The number of thioether (sulfide) groups is 1. The monoisotopic (exact) mass is 322 g/mol. The van der Waals surface area contributed by atoms with Gasteiger partial charge in [-0.3, -0.25) is 0 Å². The third-order valence-corrected chi connectivity index (χ3v) is 4.70. The molecule has 0 unspecified atom stereocenters. The van der Waals surface area contributed by atoms with E-state index in [0.29, 0.717) is 0 Å². The first-order valence-electron chi connectivity index (χ1n) is 5.47. The molecule has 0 N–H and O–H groups in total. The second-order valence-electron chi connectivity index (χ2n) is 4.32. The van der Waals surface area contributed by atoms with Crippen molar-refractivity contribution in [2.45, 2.75) is 18.0 Å². The average molecular weight is 322 g/mol. The third kappa shape index (κ3) is 2.95. The predicted octanol–water partition coefficient (Wildman–Crippen LogP) is 3.64. The average Bonchev–Trinajstić information content (AvgIpc) is 2.72. The molecule has 0 aromatic heterocycles. The lowest BCUT2D eigenvalue weighted by atomic mass is 10.1. The maximum Gasteiger partial charge on any atom is 0.417 e. The lowest BCUT2D eigenvalue weighted by Crippen LogP contribution is -2.16. The largest absolute Gasteiger partial charge is 0.417 e. The molecule has 1 radical (unpaired) electrons. The molecule has 1 heterocycles. The summed E-state index contributed by atoms with van der Waals surface area (Å²) in [6.07, 6.45) is -3.96. The van der Waals surface area contributed by atoms with E-state index in [1.54, 1.807) is 23.1 Å². The van der Waals surface area contributed by atoms with E-state index in [9.17, 15) is 21.6 Å². The number of hydrogen-bond donors (Lipinski definition) is 0. The second-order valence-corrected chi connectivity index (χ2v) is 7.02. The van der Waals surface area contributed by atoms with Gasteiger partial charge in [0.1, 0.15) is 5.88 Å². The molecule has 0 amide bonds. The summed E-state index contributed by atoms with van der Waals surface area (Å²) in [5, 5.41) is 1.79. The number of alkyl halides is 3. The fourth-order valence-electron chi connectivity index (χ4n) is 1.81. The first kappa shape index (κ1) is 15.2. The van der Waals surface area contributed by atoms with Crippen LogP contribution in [0.15, 0.2) is 34.2 Å². The molecule has 1 aromatic carbocycles. The summed E-state index contributed by atoms with van der Waals surface area (Å²) in [7, 11) is -3.94. The van der Waals surface area contributed by atoms with Crippen molar-refractivity contribution in [3.05, 3.63) is 40.7 Å². The van der Waals surface area contributed by atoms with Crippen LogP contribution in [-0.4, -0.2) is 14.7 Å². The van der Waals surface area contributed by atoms with Gasteiger partial charge in [-0.15, -0.1) is 11.8 Å². The number of nitrogens with zero attached hydrogens (tertiary/aromatic N) is 1. The van der Waals surface area contributed by atoms with Gasteiger partial charge >= 0.3 is 6.18 Å². The van der Waals surface area contributed by atoms with Crippen LogP contribution < -0.4 is 4.90 Å². The Labute approximate surface area is 119 Å². The first-order valence-corrected chi connectivity index (χ1v) is 8.30. The van der Waals surface area contributed by atoms with Crippen molar-refractivity contribution in [3.63, 3.8) is 0 Å². The van der Waals surface area contributed by atoms with Crippen LogP contribution in [0.1, 0.15) is 12.5 Å². The molecule has 0 saturated carbocycles. The lowest BCUT2D eigenvalue weighted by molar-refractivity contribution is -0.139. The highest BCUT2D eigenvalue weighted by Crippen LogP contribution is 2.39. The van der Waals surface area contributed by atoms with Gasteiger partial charge in [0.2, 0.25) is 0 Å². The number of sulfone groups is 1. The Morgan fingerprint density at radius 1 is 1.25 bits per heavy atom. The molecular formula is C12H11F3NO2S2. The molecule has 1 aliphatic heterocycles. The third-order valence-electron chi connectivity index (χ3n) is 2.73. The number of rotatable bonds is 2. The van der Waals surface area contributed by atoms with Gasteiger partial charge in [-0.25, -0.2) is 8.42 Å². The van der Waals surface area contributed by atoms with Gasteiger partial charge in [0, 0.05) is 17.6 Å². The van der Waals surface area contributed by atoms with Crippen molar-refractivity contribution in [1.29, 1.82) is 0 Å². The summed E-state index contributed by atoms with van der Waals surface area (Å²) in [4.78, 5) is 0.869. The van der Waals surface area contributed by atoms with Gasteiger partial charge in [0.25, 0.3) is 0 Å². The predicted molar refractivity (Wildman–Crippen MR) is 72.7 cm³/mol. The van der Waals surface area contributed by atoms with Crippen molar-refractivity contribution < 1.29 is 21.6 Å². The van der Waals surface area contributed by atoms with E-state index in [1.165, 1.54) is 17.8 Å². The SMILES string of the molecule is CC1=CS[CH]N1c1ccc(S(C)(=O)=O)c(C(F)(F)F)c1. The zero-order valence-electron chi connectivity index (χ0n) is 10.6. The highest BCUT2D eigenvalue weighted by molar-refractivity contribution is 8.04. The molecule has 0 atom stereocenters. The highest BCUT2D eigenvalue weighted by Gasteiger charge is 2.37. The quantitative estimate of drug-likeness (QED) is 0.833. The Morgan fingerprint density at radius 2 is 1.90 bits per heavy atom. The van der Waals surface area contributed by atoms with E-state index in [1.807, 2.05) is 0 Å². The van der Waals surface area contributed by atoms with Gasteiger partial charge in [-0.1, -0.05) is 0 Å². The van der Waals surface area contributed by atoms with E-state index >= 15 is 0 Å². The Kier molecular flexibility index (Phi) is 3.81. The summed E-state index contributed by atoms with van der Waals surface area (Å²) < 4.78 is 62.0. The van der Waals surface area contributed by atoms with E-state index in [4.69, 9.17) is 0 Å². The van der Waals surface area contributed by atoms with Crippen LogP contribution in [-0.2, 0) is 16.0 Å². The highest BCUT2D eigenvalue weighted by atomic mass is 32.2. The fraction of sp³-hybridized carbons (Fsp3) is 0.250. The van der Waals surface area contributed by atoms with Crippen LogP contribution in [0, 0.1) is 5.88 Å². The molecule has 0 fully saturated rings. The van der Waals surface area contributed by atoms with Crippen molar-refractivity contribution in [2.75, 3.05) is 11.2 Å².